The molecule has 0 aromatic rings. The average molecular weight is 156 g/mol. The largest absolute Gasteiger partial charge is 0.423 e. The van der Waals surface area contributed by atoms with Gasteiger partial charge in [-0.25, -0.2) is 16.1 Å². The number of rotatable bonds is 1. The van der Waals surface area contributed by atoms with Crippen LogP contribution in [-0.2, 0) is 14.7 Å². The van der Waals surface area contributed by atoms with Crippen LogP contribution in [0, 0.1) is 10.8 Å². The maximum absolute atomic E-state index is 9.08. The molecular formula is CH4N2O5S. The van der Waals surface area contributed by atoms with Gasteiger partial charge in [0.2, 0.25) is 0 Å². The van der Waals surface area contributed by atoms with Crippen molar-refractivity contribution >= 4 is 16.4 Å². The molecule has 0 aromatic carbocycles. The fourth-order valence-corrected chi connectivity index (χ4v) is 0. The van der Waals surface area contributed by atoms with E-state index in [0.29, 0.717) is 0 Å². The van der Waals surface area contributed by atoms with Crippen molar-refractivity contribution in [2.45, 2.75) is 0 Å². The Kier molecular flexibility index (Phi) is 6.58. The van der Waals surface area contributed by atoms with E-state index in [0.717, 1.165) is 0 Å². The Morgan fingerprint density at radius 1 is 1.44 bits per heavy atom. The van der Waals surface area contributed by atoms with Gasteiger partial charge in [-0.15, -0.1) is 0 Å². The molecule has 0 saturated heterocycles. The molecule has 0 atom stereocenters. The number of nitrogens with one attached hydrogen (secondary N) is 2. The van der Waals surface area contributed by atoms with Gasteiger partial charge in [0.15, 0.2) is 0 Å². The van der Waals surface area contributed by atoms with E-state index in [-0.39, 0.29) is 0 Å². The monoisotopic (exact) mass is 156 g/mol. The third-order valence-corrected chi connectivity index (χ3v) is 0.283. The Labute approximate surface area is 50.8 Å². The molecule has 0 aliphatic heterocycles. The summed E-state index contributed by atoms with van der Waals surface area (Å²) in [6.45, 7) is 0. The van der Waals surface area contributed by atoms with Gasteiger partial charge in [-0.05, 0) is 0 Å². The molecule has 0 aliphatic carbocycles. The van der Waals surface area contributed by atoms with E-state index >= 15 is 0 Å². The molecule has 0 saturated carbocycles. The standard InChI is InChI=1S/CH2N2.H2O5S/c2-1-3;1-5-6(2,3)4/h2-3H;1H,(H,2,3,4). The van der Waals surface area contributed by atoms with E-state index in [2.05, 4.69) is 4.33 Å². The topological polar surface area (TPSA) is 132 Å². The van der Waals surface area contributed by atoms with Crippen molar-refractivity contribution in [3.05, 3.63) is 0 Å². The van der Waals surface area contributed by atoms with Crippen LogP contribution in [0.5, 0.6) is 0 Å². The molecule has 0 fully saturated rings. The van der Waals surface area contributed by atoms with E-state index in [9.17, 15) is 0 Å². The molecule has 0 amide bonds. The van der Waals surface area contributed by atoms with Crippen LogP contribution >= 0.6 is 0 Å². The minimum atomic E-state index is -4.61. The van der Waals surface area contributed by atoms with Crippen molar-refractivity contribution in [2.24, 2.45) is 0 Å². The lowest BCUT2D eigenvalue weighted by Gasteiger charge is -1.79. The van der Waals surface area contributed by atoms with Gasteiger partial charge in [0.05, 0.1) is 6.01 Å². The van der Waals surface area contributed by atoms with Crippen LogP contribution in [0.2, 0.25) is 0 Å². The quantitative estimate of drug-likeness (QED) is 0.177. The Hall–Kier alpha value is -0.790. The summed E-state index contributed by atoms with van der Waals surface area (Å²) in [6.07, 6.45) is 0. The summed E-state index contributed by atoms with van der Waals surface area (Å²) < 4.78 is 28.0. The number of hydrogen-bond donors (Lipinski definition) is 4. The Morgan fingerprint density at radius 3 is 1.56 bits per heavy atom. The fourth-order valence-electron chi connectivity index (χ4n) is 0. The molecule has 9 heavy (non-hydrogen) atoms. The van der Waals surface area contributed by atoms with E-state index in [1.54, 1.807) is 0 Å². The van der Waals surface area contributed by atoms with Gasteiger partial charge >= 0.3 is 10.4 Å². The van der Waals surface area contributed by atoms with Gasteiger partial charge in [0.25, 0.3) is 0 Å². The smallest absolute Gasteiger partial charge is 0.262 e. The van der Waals surface area contributed by atoms with Crippen molar-refractivity contribution in [2.75, 3.05) is 0 Å². The molecule has 54 valence electrons. The van der Waals surface area contributed by atoms with Crippen molar-refractivity contribution in [3.8, 4) is 0 Å². The van der Waals surface area contributed by atoms with Gasteiger partial charge < -0.3 is 0 Å². The van der Waals surface area contributed by atoms with Crippen LogP contribution in [0.1, 0.15) is 0 Å². The van der Waals surface area contributed by atoms with Crippen LogP contribution in [-0.4, -0.2) is 24.2 Å². The highest BCUT2D eigenvalue weighted by atomic mass is 32.3. The molecule has 0 unspecified atom stereocenters. The first-order valence-corrected chi connectivity index (χ1v) is 2.73. The Morgan fingerprint density at radius 2 is 1.56 bits per heavy atom. The third-order valence-electron chi connectivity index (χ3n) is 0.0942. The summed E-state index contributed by atoms with van der Waals surface area (Å²) in [5.74, 6) is 0. The second-order valence-corrected chi connectivity index (χ2v) is 1.63. The van der Waals surface area contributed by atoms with Gasteiger partial charge in [0, 0.05) is 0 Å². The van der Waals surface area contributed by atoms with Crippen LogP contribution < -0.4 is 0 Å². The molecule has 0 spiro atoms. The number of hydrogen-bond acceptors (Lipinski definition) is 6. The molecule has 0 rings (SSSR count). The first-order valence-electron chi connectivity index (χ1n) is 1.37. The predicted molar refractivity (Wildman–Crippen MR) is 25.7 cm³/mol. The molecular weight excluding hydrogens is 152 g/mol. The third kappa shape index (κ3) is 40.1. The van der Waals surface area contributed by atoms with Crippen LogP contribution in [0.25, 0.3) is 0 Å². The van der Waals surface area contributed by atoms with E-state index in [4.69, 9.17) is 29.0 Å². The van der Waals surface area contributed by atoms with E-state index < -0.39 is 10.4 Å². The zero-order valence-electron chi connectivity index (χ0n) is 4.03. The highest BCUT2D eigenvalue weighted by molar-refractivity contribution is 7.80. The summed E-state index contributed by atoms with van der Waals surface area (Å²) in [5, 5.41) is 18.3. The van der Waals surface area contributed by atoms with Crippen LogP contribution in [0.3, 0.4) is 0 Å². The van der Waals surface area contributed by atoms with Crippen molar-refractivity contribution < 1.29 is 22.6 Å². The summed E-state index contributed by atoms with van der Waals surface area (Å²) in [6, 6.07) is 1.25. The fraction of sp³-hybridized carbons (Fsp3) is 0. The molecule has 0 heterocycles. The normalized spacial score (nSPS) is 8.67. The van der Waals surface area contributed by atoms with E-state index in [1.165, 1.54) is 6.01 Å². The summed E-state index contributed by atoms with van der Waals surface area (Å²) in [5.41, 5.74) is 0. The van der Waals surface area contributed by atoms with E-state index in [1.807, 2.05) is 0 Å². The van der Waals surface area contributed by atoms with Crippen molar-refractivity contribution in [3.63, 3.8) is 0 Å². The summed E-state index contributed by atoms with van der Waals surface area (Å²) in [7, 11) is -4.61. The van der Waals surface area contributed by atoms with Gasteiger partial charge in [0.1, 0.15) is 0 Å². The SMILES string of the molecule is N=C=N.O=S(=O)(O)OO. The first-order chi connectivity index (χ1) is 3.97. The van der Waals surface area contributed by atoms with Crippen LogP contribution in [0.15, 0.2) is 0 Å². The molecule has 4 N–H and O–H groups in total. The van der Waals surface area contributed by atoms with Gasteiger partial charge in [-0.1, -0.05) is 4.33 Å². The molecule has 0 aliphatic rings. The molecule has 8 heteroatoms. The first kappa shape index (κ1) is 11.1. The lowest BCUT2D eigenvalue weighted by Crippen LogP contribution is -1.97. The van der Waals surface area contributed by atoms with Crippen molar-refractivity contribution in [1.82, 2.24) is 0 Å². The average Bonchev–Trinajstić information content (AvgIpc) is 1.67. The molecule has 7 nitrogen and oxygen atoms in total. The zero-order valence-corrected chi connectivity index (χ0v) is 4.84. The second-order valence-electron chi connectivity index (χ2n) is 0.627. The predicted octanol–water partition coefficient (Wildman–Crippen LogP) is -0.403. The Balaban J connectivity index is 0. The lowest BCUT2D eigenvalue weighted by molar-refractivity contribution is -0.139. The summed E-state index contributed by atoms with van der Waals surface area (Å²) >= 11 is 0. The highest BCUT2D eigenvalue weighted by Gasteiger charge is 1.97. The molecule has 0 radical (unpaired) electrons. The lowest BCUT2D eigenvalue weighted by atomic mass is 11.6. The van der Waals surface area contributed by atoms with Crippen LogP contribution in [0.4, 0.5) is 0 Å². The Bertz CT molecular complexity index is 175. The minimum Gasteiger partial charge on any atom is -0.262 e. The van der Waals surface area contributed by atoms with Crippen molar-refractivity contribution in [1.29, 1.82) is 10.8 Å². The zero-order chi connectivity index (χ0) is 7.91. The second kappa shape index (κ2) is 5.35. The van der Waals surface area contributed by atoms with Gasteiger partial charge in [-0.2, -0.15) is 8.42 Å². The minimum absolute atomic E-state index is 1.25. The molecule has 0 aromatic heterocycles. The maximum Gasteiger partial charge on any atom is 0.423 e. The summed E-state index contributed by atoms with van der Waals surface area (Å²) in [4.78, 5) is 0. The molecule has 0 bridgehead atoms. The maximum atomic E-state index is 9.08. The van der Waals surface area contributed by atoms with Gasteiger partial charge in [-0.3, -0.25) is 4.55 Å². The highest BCUT2D eigenvalue weighted by Crippen LogP contribution is 1.74.